The third-order valence-corrected chi connectivity index (χ3v) is 7.58. The second-order valence-corrected chi connectivity index (χ2v) is 9.85. The molecule has 0 atom stereocenters. The third-order valence-electron chi connectivity index (χ3n) is 7.58. The number of anilines is 1. The summed E-state index contributed by atoms with van der Waals surface area (Å²) in [6.45, 7) is 4.60. The van der Waals surface area contributed by atoms with Crippen molar-refractivity contribution in [2.24, 2.45) is 4.99 Å². The first-order chi connectivity index (χ1) is 14.9. The molecule has 1 aromatic rings. The van der Waals surface area contributed by atoms with Gasteiger partial charge in [-0.25, -0.2) is 0 Å². The second kappa shape index (κ2) is 6.64. The molecule has 3 aliphatic heterocycles. The van der Waals surface area contributed by atoms with Gasteiger partial charge in [-0.05, 0) is 52.1 Å². The Kier molecular flexibility index (Phi) is 4.17. The van der Waals surface area contributed by atoms with Crippen molar-refractivity contribution < 1.29 is 14.2 Å². The highest BCUT2D eigenvalue weighted by Crippen LogP contribution is 2.54. The zero-order valence-electron chi connectivity index (χ0n) is 18.7. The molecule has 0 amide bonds. The fourth-order valence-corrected chi connectivity index (χ4v) is 6.06. The lowest BCUT2D eigenvalue weighted by molar-refractivity contribution is -0.491. The fourth-order valence-electron chi connectivity index (χ4n) is 6.06. The summed E-state index contributed by atoms with van der Waals surface area (Å²) in [7, 11) is 3.81. The van der Waals surface area contributed by atoms with E-state index in [-0.39, 0.29) is 23.7 Å². The maximum atomic E-state index is 6.39. The molecule has 1 saturated carbocycles. The Morgan fingerprint density at radius 1 is 1.03 bits per heavy atom. The number of hydrogen-bond donors (Lipinski definition) is 1. The zero-order valence-corrected chi connectivity index (χ0v) is 18.7. The molecule has 6 aliphatic rings. The Labute approximate surface area is 183 Å². The summed E-state index contributed by atoms with van der Waals surface area (Å²) in [4.78, 5) is 4.44. The van der Waals surface area contributed by atoms with Gasteiger partial charge < -0.3 is 19.5 Å². The summed E-state index contributed by atoms with van der Waals surface area (Å²) in [6, 6.07) is 6.66. The summed E-state index contributed by atoms with van der Waals surface area (Å²) in [5.74, 6) is -0.963. The number of allylic oxidation sites excluding steroid dienone is 5. The Morgan fingerprint density at radius 3 is 2.32 bits per heavy atom. The van der Waals surface area contributed by atoms with Crippen LogP contribution in [0, 0.1) is 0 Å². The summed E-state index contributed by atoms with van der Waals surface area (Å²) < 4.78 is 19.2. The van der Waals surface area contributed by atoms with E-state index in [4.69, 9.17) is 14.2 Å². The van der Waals surface area contributed by atoms with Crippen molar-refractivity contribution in [2.45, 2.75) is 69.2 Å². The molecule has 0 aromatic heterocycles. The normalized spacial score (nSPS) is 35.8. The molecule has 0 spiro atoms. The SMILES string of the molecule is CN=C1C=CC2=C(CC34OC5CC(CC(C5)O3)O4)c3ccc(NC)cc3C(C)(C)C2=C1. The van der Waals surface area contributed by atoms with Crippen LogP contribution in [0.1, 0.15) is 50.7 Å². The number of ether oxygens (including phenoxy) is 3. The number of hydrogen-bond acceptors (Lipinski definition) is 5. The van der Waals surface area contributed by atoms with E-state index in [1.165, 1.54) is 27.8 Å². The van der Waals surface area contributed by atoms with Crippen molar-refractivity contribution >= 4 is 17.0 Å². The highest BCUT2D eigenvalue weighted by atomic mass is 16.9. The molecule has 31 heavy (non-hydrogen) atoms. The largest absolute Gasteiger partial charge is 0.388 e. The number of nitrogens with one attached hydrogen (secondary N) is 1. The van der Waals surface area contributed by atoms with Crippen LogP contribution in [-0.2, 0) is 19.6 Å². The number of rotatable bonds is 3. The standard InChI is InChI=1S/C26H30N2O3/c1-25(2)23-9-15(27-3)5-7-20(23)22(21-8-6-16(28-4)10-24(21)25)14-26-29-17-11-18(30-26)13-19(12-17)31-26/h5-10,17-19,27H,11-14H2,1-4H3. The molecular formula is C26H30N2O3. The fraction of sp³-hybridized carbons (Fsp3) is 0.500. The van der Waals surface area contributed by atoms with Crippen LogP contribution in [0.15, 0.2) is 52.6 Å². The average molecular weight is 419 g/mol. The molecule has 0 unspecified atom stereocenters. The average Bonchev–Trinajstić information content (AvgIpc) is 2.75. The molecule has 4 fully saturated rings. The van der Waals surface area contributed by atoms with Gasteiger partial charge >= 0.3 is 0 Å². The topological polar surface area (TPSA) is 52.1 Å². The number of nitrogens with zero attached hydrogens (tertiary/aromatic N) is 1. The third kappa shape index (κ3) is 2.90. The van der Waals surface area contributed by atoms with Crippen LogP contribution >= 0.6 is 0 Å². The van der Waals surface area contributed by atoms with Gasteiger partial charge in [-0.15, -0.1) is 0 Å². The summed E-state index contributed by atoms with van der Waals surface area (Å²) in [5.41, 5.74) is 8.29. The quantitative estimate of drug-likeness (QED) is 0.770. The lowest BCUT2D eigenvalue weighted by atomic mass is 9.64. The second-order valence-electron chi connectivity index (χ2n) is 9.85. The minimum atomic E-state index is -0.963. The molecular weight excluding hydrogens is 388 g/mol. The van der Waals surface area contributed by atoms with Crippen LogP contribution in [0.25, 0.3) is 5.57 Å². The predicted octanol–water partition coefficient (Wildman–Crippen LogP) is 4.75. The van der Waals surface area contributed by atoms with Gasteiger partial charge in [-0.1, -0.05) is 26.0 Å². The molecule has 3 saturated heterocycles. The van der Waals surface area contributed by atoms with Gasteiger partial charge in [0, 0.05) is 44.5 Å². The highest BCUT2D eigenvalue weighted by molar-refractivity contribution is 6.08. The molecule has 4 bridgehead atoms. The Morgan fingerprint density at radius 2 is 1.71 bits per heavy atom. The van der Waals surface area contributed by atoms with Gasteiger partial charge in [-0.2, -0.15) is 0 Å². The minimum Gasteiger partial charge on any atom is -0.388 e. The molecule has 1 N–H and O–H groups in total. The zero-order chi connectivity index (χ0) is 21.4. The molecule has 5 nitrogen and oxygen atoms in total. The van der Waals surface area contributed by atoms with E-state index in [0.29, 0.717) is 6.42 Å². The van der Waals surface area contributed by atoms with Gasteiger partial charge in [0.25, 0.3) is 5.97 Å². The van der Waals surface area contributed by atoms with Crippen LogP contribution in [0.2, 0.25) is 0 Å². The van der Waals surface area contributed by atoms with E-state index in [1.54, 1.807) is 0 Å². The number of aliphatic imine (C=N–C) groups is 1. The monoisotopic (exact) mass is 418 g/mol. The molecule has 1 aromatic carbocycles. The lowest BCUT2D eigenvalue weighted by Crippen LogP contribution is -2.62. The van der Waals surface area contributed by atoms with Gasteiger partial charge in [0.1, 0.15) is 0 Å². The van der Waals surface area contributed by atoms with E-state index >= 15 is 0 Å². The minimum absolute atomic E-state index is 0.147. The van der Waals surface area contributed by atoms with Crippen LogP contribution in [0.3, 0.4) is 0 Å². The van der Waals surface area contributed by atoms with Crippen molar-refractivity contribution in [3.63, 3.8) is 0 Å². The molecule has 3 aliphatic carbocycles. The number of benzene rings is 1. The molecule has 3 heterocycles. The molecule has 162 valence electrons. The summed E-state index contributed by atoms with van der Waals surface area (Å²) in [5, 5.41) is 3.30. The van der Waals surface area contributed by atoms with Gasteiger partial charge in [0.15, 0.2) is 0 Å². The molecule has 0 radical (unpaired) electrons. The van der Waals surface area contributed by atoms with Crippen molar-refractivity contribution in [1.29, 1.82) is 0 Å². The van der Waals surface area contributed by atoms with Crippen LogP contribution < -0.4 is 5.32 Å². The summed E-state index contributed by atoms with van der Waals surface area (Å²) >= 11 is 0. The first kappa shape index (κ1) is 19.5. The first-order valence-corrected chi connectivity index (χ1v) is 11.4. The maximum Gasteiger partial charge on any atom is 0.288 e. The van der Waals surface area contributed by atoms with E-state index in [0.717, 1.165) is 30.7 Å². The van der Waals surface area contributed by atoms with Gasteiger partial charge in [0.2, 0.25) is 0 Å². The molecule has 7 rings (SSSR count). The Balaban J connectivity index is 1.52. The van der Waals surface area contributed by atoms with Crippen molar-refractivity contribution in [3.05, 3.63) is 58.7 Å². The Hall–Kier alpha value is -2.21. The van der Waals surface area contributed by atoms with Crippen LogP contribution in [-0.4, -0.2) is 44.1 Å². The van der Waals surface area contributed by atoms with E-state index < -0.39 is 5.97 Å². The number of fused-ring (bicyclic) bond motifs is 2. The first-order valence-electron chi connectivity index (χ1n) is 11.4. The van der Waals surface area contributed by atoms with Crippen LogP contribution in [0.5, 0.6) is 0 Å². The van der Waals surface area contributed by atoms with E-state index in [2.05, 4.69) is 60.6 Å². The van der Waals surface area contributed by atoms with Gasteiger partial charge in [0.05, 0.1) is 30.4 Å². The highest BCUT2D eigenvalue weighted by Gasteiger charge is 2.55. The lowest BCUT2D eigenvalue weighted by Gasteiger charge is -2.55. The van der Waals surface area contributed by atoms with Crippen molar-refractivity contribution in [2.75, 3.05) is 19.4 Å². The van der Waals surface area contributed by atoms with Crippen LogP contribution in [0.4, 0.5) is 5.69 Å². The molecule has 5 heteroatoms. The smallest absolute Gasteiger partial charge is 0.288 e. The van der Waals surface area contributed by atoms with Crippen molar-refractivity contribution in [3.8, 4) is 0 Å². The van der Waals surface area contributed by atoms with Crippen molar-refractivity contribution in [1.82, 2.24) is 0 Å². The van der Waals surface area contributed by atoms with E-state index in [1.807, 2.05) is 14.1 Å². The predicted molar refractivity (Wildman–Crippen MR) is 122 cm³/mol. The summed E-state index contributed by atoms with van der Waals surface area (Å²) in [6.07, 6.45) is 10.9. The van der Waals surface area contributed by atoms with Gasteiger partial charge in [-0.3, -0.25) is 4.99 Å². The Bertz CT molecular complexity index is 1040. The van der Waals surface area contributed by atoms with E-state index in [9.17, 15) is 0 Å². The maximum absolute atomic E-state index is 6.39.